The van der Waals surface area contributed by atoms with Crippen molar-refractivity contribution in [2.45, 2.75) is 6.92 Å². The summed E-state index contributed by atoms with van der Waals surface area (Å²) in [5.41, 5.74) is 0. The third kappa shape index (κ3) is 403. The zero-order valence-electron chi connectivity index (χ0n) is 3.02. The van der Waals surface area contributed by atoms with Crippen LogP contribution >= 0.6 is 0 Å². The number of ketones is 1. The average Bonchev–Trinajstić information content (AvgIpc) is 0.811. The van der Waals surface area contributed by atoms with Crippen molar-refractivity contribution in [2.75, 3.05) is 0 Å². The van der Waals surface area contributed by atoms with Crippen LogP contribution in [0, 0.1) is 6.92 Å². The first-order valence-electron chi connectivity index (χ1n) is 1.06. The van der Waals surface area contributed by atoms with Gasteiger partial charge in [-0.2, -0.15) is 0 Å². The van der Waals surface area contributed by atoms with Crippen molar-refractivity contribution in [3.8, 4) is 0 Å². The molecule has 0 radical (unpaired) electrons. The van der Waals surface area contributed by atoms with Crippen LogP contribution in [-0.4, -0.2) is 5.78 Å². The number of hydrogen-bond donors (Lipinski definition) is 0. The van der Waals surface area contributed by atoms with E-state index in [0.717, 1.165) is 0 Å². The first-order chi connectivity index (χ1) is 1.73. The van der Waals surface area contributed by atoms with Crippen LogP contribution in [0.2, 0.25) is 0 Å². The van der Waals surface area contributed by atoms with Crippen LogP contribution in [0.5, 0.6) is 0 Å². The first kappa shape index (κ1) is 8.97. The molecule has 0 aliphatic heterocycles. The Morgan fingerprint density at radius 1 is 1.80 bits per heavy atom. The topological polar surface area (TPSA) is 17.1 Å². The second kappa shape index (κ2) is 4.23. The zero-order chi connectivity index (χ0) is 3.58. The fourth-order valence-corrected chi connectivity index (χ4v) is 0. The summed E-state index contributed by atoms with van der Waals surface area (Å²) >= 11 is 0. The molecule has 0 saturated heterocycles. The normalized spacial score (nSPS) is 5.00. The molecule has 0 aliphatic rings. The van der Waals surface area contributed by atoms with E-state index in [2.05, 4.69) is 6.92 Å². The summed E-state index contributed by atoms with van der Waals surface area (Å²) < 4.78 is 0. The van der Waals surface area contributed by atoms with E-state index in [1.165, 1.54) is 6.92 Å². The van der Waals surface area contributed by atoms with Gasteiger partial charge in [-0.15, -0.1) is 0 Å². The smallest absolute Gasteiger partial charge is 0 e. The number of carbonyl (C=O) groups is 1. The van der Waals surface area contributed by atoms with Gasteiger partial charge in [0.15, 0.2) is 0 Å². The van der Waals surface area contributed by atoms with Gasteiger partial charge in [0.2, 0.25) is 0 Å². The van der Waals surface area contributed by atoms with Gasteiger partial charge in [0.1, 0.15) is 0 Å². The van der Waals surface area contributed by atoms with Crippen LogP contribution in [0.15, 0.2) is 0 Å². The molecule has 0 aromatic rings. The van der Waals surface area contributed by atoms with Crippen LogP contribution < -0.4 is 0 Å². The van der Waals surface area contributed by atoms with E-state index < -0.39 is 0 Å². The minimum atomic E-state index is -0.0833. The molecule has 0 heterocycles. The fourth-order valence-electron chi connectivity index (χ4n) is 0. The predicted molar refractivity (Wildman–Crippen MR) is 16.0 cm³/mol. The van der Waals surface area contributed by atoms with Crippen molar-refractivity contribution in [1.82, 2.24) is 0 Å². The van der Waals surface area contributed by atoms with E-state index in [1.807, 2.05) is 0 Å². The Morgan fingerprint density at radius 3 is 1.80 bits per heavy atom. The molecule has 0 fully saturated rings. The summed E-state index contributed by atoms with van der Waals surface area (Å²) in [6.45, 7) is 4.42. The Hall–Kier alpha value is 0.228. The van der Waals surface area contributed by atoms with E-state index in [0.29, 0.717) is 0 Å². The SMILES string of the molecule is [CH2-]C(C)=O.[Mo]. The van der Waals surface area contributed by atoms with Gasteiger partial charge in [0, 0.05) is 21.1 Å². The molecule has 2 heteroatoms. The summed E-state index contributed by atoms with van der Waals surface area (Å²) in [6, 6.07) is 0. The molecule has 0 aromatic heterocycles. The monoisotopic (exact) mass is 155 g/mol. The zero-order valence-corrected chi connectivity index (χ0v) is 5.03. The molecule has 0 aliphatic carbocycles. The van der Waals surface area contributed by atoms with Crippen LogP contribution in [0.3, 0.4) is 0 Å². The van der Waals surface area contributed by atoms with Crippen molar-refractivity contribution < 1.29 is 25.9 Å². The van der Waals surface area contributed by atoms with E-state index in [-0.39, 0.29) is 26.8 Å². The molecular weight excluding hydrogens is 148 g/mol. The second-order valence-electron chi connectivity index (χ2n) is 0.702. The number of hydrogen-bond acceptors (Lipinski definition) is 1. The number of carbonyl (C=O) groups excluding carboxylic acids is 1. The van der Waals surface area contributed by atoms with Crippen molar-refractivity contribution in [1.29, 1.82) is 0 Å². The molecule has 0 N–H and O–H groups in total. The minimum absolute atomic E-state index is 0. The van der Waals surface area contributed by atoms with Gasteiger partial charge >= 0.3 is 0 Å². The molecular formula is C3H5MoO-. The maximum absolute atomic E-state index is 9.33. The van der Waals surface area contributed by atoms with Crippen LogP contribution in [0.1, 0.15) is 6.92 Å². The summed E-state index contributed by atoms with van der Waals surface area (Å²) in [7, 11) is 0. The largest absolute Gasteiger partial charge is 0.340 e. The summed E-state index contributed by atoms with van der Waals surface area (Å²) in [5.74, 6) is -0.0833. The molecule has 0 bridgehead atoms. The molecule has 0 unspecified atom stereocenters. The predicted octanol–water partition coefficient (Wildman–Crippen LogP) is 0.407. The number of Topliss-reactive ketones (excluding diaryl/α,β-unsaturated/α-hetero) is 1. The minimum Gasteiger partial charge on any atom is -0.340 e. The molecule has 0 saturated carbocycles. The Labute approximate surface area is 46.0 Å². The fraction of sp³-hybridized carbons (Fsp3) is 0.333. The third-order valence-corrected chi connectivity index (χ3v) is 0. The van der Waals surface area contributed by atoms with Gasteiger partial charge in [0.25, 0.3) is 0 Å². The van der Waals surface area contributed by atoms with E-state index in [1.54, 1.807) is 0 Å². The van der Waals surface area contributed by atoms with Crippen LogP contribution in [0.25, 0.3) is 0 Å². The van der Waals surface area contributed by atoms with Gasteiger partial charge in [0.05, 0.1) is 0 Å². The third-order valence-electron chi connectivity index (χ3n) is 0. The van der Waals surface area contributed by atoms with Crippen LogP contribution in [-0.2, 0) is 25.9 Å². The Morgan fingerprint density at radius 2 is 1.80 bits per heavy atom. The van der Waals surface area contributed by atoms with Gasteiger partial charge in [-0.3, -0.25) is 0 Å². The quantitative estimate of drug-likeness (QED) is 0.363. The summed E-state index contributed by atoms with van der Waals surface area (Å²) in [4.78, 5) is 9.33. The van der Waals surface area contributed by atoms with Gasteiger partial charge < -0.3 is 11.7 Å². The van der Waals surface area contributed by atoms with Gasteiger partial charge in [-0.05, 0) is 12.7 Å². The number of rotatable bonds is 0. The Bertz CT molecular complexity index is 29.9. The second-order valence-corrected chi connectivity index (χ2v) is 0.702. The Balaban J connectivity index is 0. The van der Waals surface area contributed by atoms with Gasteiger partial charge in [-0.25, -0.2) is 0 Å². The van der Waals surface area contributed by atoms with E-state index in [4.69, 9.17) is 0 Å². The molecule has 0 spiro atoms. The van der Waals surface area contributed by atoms with Crippen molar-refractivity contribution in [3.63, 3.8) is 0 Å². The molecule has 0 amide bonds. The molecule has 0 rings (SSSR count). The average molecular weight is 153 g/mol. The van der Waals surface area contributed by atoms with Crippen LogP contribution in [0.4, 0.5) is 0 Å². The van der Waals surface area contributed by atoms with E-state index >= 15 is 0 Å². The first-order valence-corrected chi connectivity index (χ1v) is 1.06. The van der Waals surface area contributed by atoms with E-state index in [9.17, 15) is 4.79 Å². The maximum Gasteiger partial charge on any atom is 0 e. The standard InChI is InChI=1S/C3H5O.Mo/c1-3(2)4;/h1H2,2H3;/q-1;. The van der Waals surface area contributed by atoms with Crippen molar-refractivity contribution in [2.24, 2.45) is 0 Å². The van der Waals surface area contributed by atoms with Crippen molar-refractivity contribution in [3.05, 3.63) is 6.92 Å². The molecule has 5 heavy (non-hydrogen) atoms. The molecule has 30 valence electrons. The van der Waals surface area contributed by atoms with Crippen molar-refractivity contribution >= 4 is 5.78 Å². The van der Waals surface area contributed by atoms with Gasteiger partial charge in [-0.1, -0.05) is 0 Å². The summed E-state index contributed by atoms with van der Waals surface area (Å²) in [6.07, 6.45) is 0. The molecule has 0 atom stereocenters. The molecule has 0 aromatic carbocycles. The summed E-state index contributed by atoms with van der Waals surface area (Å²) in [5, 5.41) is 0. The Kier molecular flexibility index (Phi) is 7.58. The molecule has 1 nitrogen and oxygen atoms in total. The maximum atomic E-state index is 9.33.